The Labute approximate surface area is 227 Å². The number of aryl methyl sites for hydroxylation is 2. The van der Waals surface area contributed by atoms with Gasteiger partial charge >= 0.3 is 0 Å². The van der Waals surface area contributed by atoms with Crippen molar-refractivity contribution < 1.29 is 5.11 Å². The van der Waals surface area contributed by atoms with Gasteiger partial charge in [-0.3, -0.25) is 0 Å². The van der Waals surface area contributed by atoms with Crippen LogP contribution < -0.4 is 0 Å². The van der Waals surface area contributed by atoms with Gasteiger partial charge in [0.15, 0.2) is 0 Å². The maximum absolute atomic E-state index is 10.5. The van der Waals surface area contributed by atoms with Crippen molar-refractivity contribution in [1.82, 2.24) is 0 Å². The highest BCUT2D eigenvalue weighted by molar-refractivity contribution is 5.56. The first-order valence-corrected chi connectivity index (χ1v) is 14.3. The fourth-order valence-corrected chi connectivity index (χ4v) is 6.56. The quantitative estimate of drug-likeness (QED) is 0.330. The van der Waals surface area contributed by atoms with E-state index in [1.807, 2.05) is 12.1 Å². The summed E-state index contributed by atoms with van der Waals surface area (Å²) in [5.41, 5.74) is 8.58. The number of hydrogen-bond acceptors (Lipinski definition) is 5. The average molecular weight is 509 g/mol. The molecule has 0 spiro atoms. The summed E-state index contributed by atoms with van der Waals surface area (Å²) in [6.07, 6.45) is 12.4. The highest BCUT2D eigenvalue weighted by atomic mass is 16.3. The second kappa shape index (κ2) is 11.6. The molecule has 0 radical (unpaired) electrons. The van der Waals surface area contributed by atoms with Gasteiger partial charge in [0.2, 0.25) is 0 Å². The van der Waals surface area contributed by atoms with Gasteiger partial charge in [0.25, 0.3) is 0 Å². The van der Waals surface area contributed by atoms with E-state index in [-0.39, 0.29) is 11.2 Å². The van der Waals surface area contributed by atoms with Crippen LogP contribution in [0.5, 0.6) is 5.75 Å². The number of phenols is 1. The van der Waals surface area contributed by atoms with E-state index in [2.05, 4.69) is 70.7 Å². The third-order valence-electron chi connectivity index (χ3n) is 8.76. The van der Waals surface area contributed by atoms with Crippen molar-refractivity contribution in [1.29, 1.82) is 0 Å². The summed E-state index contributed by atoms with van der Waals surface area (Å²) < 4.78 is 0. The van der Waals surface area contributed by atoms with Crippen molar-refractivity contribution in [3.8, 4) is 5.75 Å². The van der Waals surface area contributed by atoms with Crippen LogP contribution in [0.25, 0.3) is 0 Å². The Morgan fingerprint density at radius 2 is 1.24 bits per heavy atom. The largest absolute Gasteiger partial charge is 0.506 e. The summed E-state index contributed by atoms with van der Waals surface area (Å²) in [5.74, 6) is 0.749. The Hall–Kier alpha value is -3.34. The lowest BCUT2D eigenvalue weighted by Gasteiger charge is -2.39. The topological polar surface area (TPSA) is 69.7 Å². The third kappa shape index (κ3) is 5.43. The molecule has 2 fully saturated rings. The normalized spacial score (nSPS) is 18.4. The molecule has 0 unspecified atom stereocenters. The summed E-state index contributed by atoms with van der Waals surface area (Å²) in [6.45, 7) is 4.24. The van der Waals surface area contributed by atoms with E-state index in [1.165, 1.54) is 68.1 Å². The Morgan fingerprint density at radius 1 is 0.658 bits per heavy atom. The summed E-state index contributed by atoms with van der Waals surface area (Å²) in [6, 6.07) is 19.1. The zero-order chi connectivity index (χ0) is 26.5. The minimum absolute atomic E-state index is 0.00206. The molecule has 198 valence electrons. The highest BCUT2D eigenvalue weighted by Gasteiger charge is 2.36. The fourth-order valence-electron chi connectivity index (χ4n) is 6.56. The van der Waals surface area contributed by atoms with Crippen molar-refractivity contribution in [3.05, 3.63) is 82.4 Å². The molecular formula is C33H40N4O. The number of azo groups is 2. The smallest absolute Gasteiger partial charge is 0.143 e. The molecule has 1 N–H and O–H groups in total. The van der Waals surface area contributed by atoms with Gasteiger partial charge in [-0.1, -0.05) is 68.9 Å². The van der Waals surface area contributed by atoms with Gasteiger partial charge < -0.3 is 5.11 Å². The molecule has 2 aliphatic rings. The maximum atomic E-state index is 10.5. The molecule has 5 heteroatoms. The Kier molecular flexibility index (Phi) is 8.01. The molecule has 0 saturated heterocycles. The van der Waals surface area contributed by atoms with Gasteiger partial charge in [0, 0.05) is 12.5 Å². The van der Waals surface area contributed by atoms with E-state index in [1.54, 1.807) is 13.1 Å². The number of rotatable bonds is 6. The molecule has 0 aromatic heterocycles. The van der Waals surface area contributed by atoms with Crippen LogP contribution in [0, 0.1) is 13.8 Å². The summed E-state index contributed by atoms with van der Waals surface area (Å²) in [7, 11) is 1.71. The number of hydrogen-bond donors (Lipinski definition) is 1. The van der Waals surface area contributed by atoms with E-state index in [0.29, 0.717) is 11.6 Å². The lowest BCUT2D eigenvalue weighted by Crippen LogP contribution is -2.30. The van der Waals surface area contributed by atoms with Crippen molar-refractivity contribution in [2.24, 2.45) is 20.5 Å². The molecule has 0 heterocycles. The number of benzene rings is 3. The molecular weight excluding hydrogens is 468 g/mol. The average Bonchev–Trinajstić information content (AvgIpc) is 2.95. The SMILES string of the molecule is C/N=N/c1ccc(C2(c3ccc(/N=N/c4cc(C5CCCCC5)ccc4O)c(C)c3)CCCCC2)cc1C. The molecule has 3 aromatic carbocycles. The van der Waals surface area contributed by atoms with Crippen LogP contribution in [0.2, 0.25) is 0 Å². The lowest BCUT2D eigenvalue weighted by molar-refractivity contribution is 0.346. The van der Waals surface area contributed by atoms with Crippen LogP contribution in [0.3, 0.4) is 0 Å². The first-order chi connectivity index (χ1) is 18.5. The number of aromatic hydroxyl groups is 1. The Balaban J connectivity index is 1.44. The number of phenolic OH excluding ortho intramolecular Hbond substituents is 1. The van der Waals surface area contributed by atoms with Crippen LogP contribution in [0.1, 0.15) is 97.9 Å². The summed E-state index contributed by atoms with van der Waals surface area (Å²) in [4.78, 5) is 0. The summed E-state index contributed by atoms with van der Waals surface area (Å²) >= 11 is 0. The maximum Gasteiger partial charge on any atom is 0.143 e. The van der Waals surface area contributed by atoms with E-state index in [9.17, 15) is 5.11 Å². The van der Waals surface area contributed by atoms with Gasteiger partial charge in [-0.25, -0.2) is 0 Å². The van der Waals surface area contributed by atoms with E-state index in [4.69, 9.17) is 0 Å². The zero-order valence-electron chi connectivity index (χ0n) is 23.1. The first-order valence-electron chi connectivity index (χ1n) is 14.3. The van der Waals surface area contributed by atoms with Gasteiger partial charge in [0.05, 0.1) is 11.4 Å². The molecule has 2 aliphatic carbocycles. The molecule has 2 saturated carbocycles. The fraction of sp³-hybridized carbons (Fsp3) is 0.455. The monoisotopic (exact) mass is 508 g/mol. The minimum Gasteiger partial charge on any atom is -0.506 e. The second-order valence-corrected chi connectivity index (χ2v) is 11.2. The zero-order valence-corrected chi connectivity index (χ0v) is 23.1. The van der Waals surface area contributed by atoms with Gasteiger partial charge in [0.1, 0.15) is 11.4 Å². The third-order valence-corrected chi connectivity index (χ3v) is 8.76. The molecule has 0 aliphatic heterocycles. The lowest BCUT2D eigenvalue weighted by atomic mass is 9.65. The predicted molar refractivity (Wildman–Crippen MR) is 155 cm³/mol. The van der Waals surface area contributed by atoms with Crippen molar-refractivity contribution >= 4 is 17.1 Å². The standard InChI is InChI=1S/C33H40N4O/c1-23-20-27(13-15-29(23)35-34-3)33(18-8-5-9-19-33)28-14-16-30(24(2)21-28)36-37-31-22-26(12-17-32(31)38)25-10-6-4-7-11-25/h12-17,20-22,25,38H,4-11,18-19H2,1-3H3/b35-34+,37-36+. The van der Waals surface area contributed by atoms with Crippen LogP contribution in [0.15, 0.2) is 75.1 Å². The summed E-state index contributed by atoms with van der Waals surface area (Å²) in [5, 5.41) is 27.8. The Morgan fingerprint density at radius 3 is 1.84 bits per heavy atom. The molecule has 5 rings (SSSR count). The number of nitrogens with zero attached hydrogens (tertiary/aromatic N) is 4. The van der Waals surface area contributed by atoms with Gasteiger partial charge in [-0.15, -0.1) is 5.11 Å². The van der Waals surface area contributed by atoms with Crippen LogP contribution >= 0.6 is 0 Å². The minimum atomic E-state index is -0.00206. The van der Waals surface area contributed by atoms with Crippen molar-refractivity contribution in [3.63, 3.8) is 0 Å². The highest BCUT2D eigenvalue weighted by Crippen LogP contribution is 2.47. The van der Waals surface area contributed by atoms with E-state index >= 15 is 0 Å². The van der Waals surface area contributed by atoms with Gasteiger partial charge in [-0.05, 0) is 97.5 Å². The molecule has 3 aromatic rings. The molecule has 0 bridgehead atoms. The van der Waals surface area contributed by atoms with Crippen LogP contribution in [-0.2, 0) is 5.41 Å². The van der Waals surface area contributed by atoms with Crippen molar-refractivity contribution in [2.75, 3.05) is 7.05 Å². The van der Waals surface area contributed by atoms with Crippen LogP contribution in [0.4, 0.5) is 17.1 Å². The molecule has 38 heavy (non-hydrogen) atoms. The first kappa shape index (κ1) is 26.3. The van der Waals surface area contributed by atoms with Gasteiger partial charge in [-0.2, -0.15) is 15.3 Å². The Bertz CT molecular complexity index is 1330. The molecule has 0 amide bonds. The predicted octanol–water partition coefficient (Wildman–Crippen LogP) is 10.4. The van der Waals surface area contributed by atoms with E-state index < -0.39 is 0 Å². The van der Waals surface area contributed by atoms with Crippen LogP contribution in [-0.4, -0.2) is 12.2 Å². The molecule has 5 nitrogen and oxygen atoms in total. The second-order valence-electron chi connectivity index (χ2n) is 11.2. The van der Waals surface area contributed by atoms with Crippen molar-refractivity contribution in [2.45, 2.75) is 89.4 Å². The van der Waals surface area contributed by atoms with E-state index in [0.717, 1.165) is 35.3 Å². The molecule has 0 atom stereocenters.